The molecular formula is C12H11F4NO. The first-order chi connectivity index (χ1) is 8.38. The number of halogens is 4. The molecule has 0 saturated heterocycles. The van der Waals surface area contributed by atoms with Crippen molar-refractivity contribution in [2.75, 3.05) is 6.67 Å². The zero-order valence-electron chi connectivity index (χ0n) is 9.30. The van der Waals surface area contributed by atoms with Gasteiger partial charge in [-0.15, -0.1) is 0 Å². The second-order valence-electron chi connectivity index (χ2n) is 3.54. The Morgan fingerprint density at radius 1 is 1.44 bits per heavy atom. The third-order valence-electron chi connectivity index (χ3n) is 2.27. The molecule has 1 amide bonds. The van der Waals surface area contributed by atoms with E-state index in [9.17, 15) is 22.4 Å². The lowest BCUT2D eigenvalue weighted by atomic mass is 10.0. The summed E-state index contributed by atoms with van der Waals surface area (Å²) < 4.78 is 50.1. The van der Waals surface area contributed by atoms with Crippen LogP contribution < -0.4 is 5.32 Å². The van der Waals surface area contributed by atoms with Crippen LogP contribution in [0.15, 0.2) is 36.9 Å². The van der Waals surface area contributed by atoms with E-state index in [0.29, 0.717) is 0 Å². The maximum Gasteiger partial charge on any atom is 0.416 e. The SMILES string of the molecule is C=CC(=O)NC(CF)c1cccc(C(F)(F)F)c1. The van der Waals surface area contributed by atoms with Gasteiger partial charge >= 0.3 is 6.18 Å². The highest BCUT2D eigenvalue weighted by Gasteiger charge is 2.31. The summed E-state index contributed by atoms with van der Waals surface area (Å²) >= 11 is 0. The molecule has 0 aliphatic heterocycles. The molecule has 0 fully saturated rings. The van der Waals surface area contributed by atoms with Gasteiger partial charge in [-0.2, -0.15) is 13.2 Å². The average Bonchev–Trinajstić information content (AvgIpc) is 2.34. The van der Waals surface area contributed by atoms with E-state index in [4.69, 9.17) is 0 Å². The van der Waals surface area contributed by atoms with Gasteiger partial charge in [0, 0.05) is 0 Å². The van der Waals surface area contributed by atoms with Crippen molar-refractivity contribution in [3.8, 4) is 0 Å². The van der Waals surface area contributed by atoms with Gasteiger partial charge in [-0.25, -0.2) is 4.39 Å². The number of benzene rings is 1. The smallest absolute Gasteiger partial charge is 0.343 e. The number of alkyl halides is 4. The molecule has 2 nitrogen and oxygen atoms in total. The summed E-state index contributed by atoms with van der Waals surface area (Å²) in [6, 6.07) is 3.07. The van der Waals surface area contributed by atoms with Gasteiger partial charge in [-0.05, 0) is 23.8 Å². The van der Waals surface area contributed by atoms with E-state index in [1.165, 1.54) is 12.1 Å². The van der Waals surface area contributed by atoms with Gasteiger partial charge in [0.2, 0.25) is 5.91 Å². The van der Waals surface area contributed by atoms with Crippen LogP contribution in [0.2, 0.25) is 0 Å². The molecular weight excluding hydrogens is 250 g/mol. The van der Waals surface area contributed by atoms with E-state index in [2.05, 4.69) is 11.9 Å². The van der Waals surface area contributed by atoms with Crippen LogP contribution in [0, 0.1) is 0 Å². The standard InChI is InChI=1S/C12H11F4NO/c1-2-11(18)17-10(7-13)8-4-3-5-9(6-8)12(14,15)16/h2-6,10H,1,7H2,(H,17,18). The Morgan fingerprint density at radius 2 is 2.11 bits per heavy atom. The fourth-order valence-electron chi connectivity index (χ4n) is 1.37. The lowest BCUT2D eigenvalue weighted by molar-refractivity contribution is -0.137. The summed E-state index contributed by atoms with van der Waals surface area (Å²) in [5.74, 6) is -0.643. The Balaban J connectivity index is 3.00. The molecule has 1 N–H and O–H groups in total. The molecule has 0 aromatic heterocycles. The van der Waals surface area contributed by atoms with Gasteiger partial charge in [0.15, 0.2) is 0 Å². The summed E-state index contributed by atoms with van der Waals surface area (Å²) in [6.07, 6.45) is -3.57. The number of rotatable bonds is 4. The molecule has 1 atom stereocenters. The number of carbonyl (C=O) groups excluding carboxylic acids is 1. The van der Waals surface area contributed by atoms with Crippen LogP contribution in [0.4, 0.5) is 17.6 Å². The van der Waals surface area contributed by atoms with Crippen molar-refractivity contribution >= 4 is 5.91 Å². The molecule has 0 saturated carbocycles. The maximum atomic E-state index is 12.7. The van der Waals surface area contributed by atoms with Crippen LogP contribution in [0.25, 0.3) is 0 Å². The summed E-state index contributed by atoms with van der Waals surface area (Å²) in [7, 11) is 0. The van der Waals surface area contributed by atoms with Crippen LogP contribution >= 0.6 is 0 Å². The van der Waals surface area contributed by atoms with Crippen molar-refractivity contribution in [1.29, 1.82) is 0 Å². The normalized spacial score (nSPS) is 12.9. The van der Waals surface area contributed by atoms with E-state index < -0.39 is 30.4 Å². The molecule has 0 bridgehead atoms. The predicted molar refractivity (Wildman–Crippen MR) is 58.5 cm³/mol. The molecule has 1 aromatic carbocycles. The molecule has 0 aliphatic carbocycles. The zero-order valence-corrected chi connectivity index (χ0v) is 9.30. The van der Waals surface area contributed by atoms with E-state index in [0.717, 1.165) is 18.2 Å². The van der Waals surface area contributed by atoms with Gasteiger partial charge in [0.25, 0.3) is 0 Å². The predicted octanol–water partition coefficient (Wildman–Crippen LogP) is 3.02. The molecule has 0 heterocycles. The number of nitrogens with one attached hydrogen (secondary N) is 1. The lowest BCUT2D eigenvalue weighted by Gasteiger charge is -2.16. The number of hydrogen-bond acceptors (Lipinski definition) is 1. The summed E-state index contributed by atoms with van der Waals surface area (Å²) in [4.78, 5) is 11.0. The molecule has 98 valence electrons. The number of carbonyl (C=O) groups is 1. The second kappa shape index (κ2) is 5.66. The van der Waals surface area contributed by atoms with Crippen LogP contribution in [0.1, 0.15) is 17.2 Å². The molecule has 1 rings (SSSR count). The Kier molecular flexibility index (Phi) is 4.47. The highest BCUT2D eigenvalue weighted by atomic mass is 19.4. The first-order valence-corrected chi connectivity index (χ1v) is 5.04. The minimum atomic E-state index is -4.50. The van der Waals surface area contributed by atoms with Crippen LogP contribution in [0.5, 0.6) is 0 Å². The van der Waals surface area contributed by atoms with Crippen molar-refractivity contribution < 1.29 is 22.4 Å². The van der Waals surface area contributed by atoms with Crippen LogP contribution in [-0.4, -0.2) is 12.6 Å². The highest BCUT2D eigenvalue weighted by molar-refractivity contribution is 5.87. The monoisotopic (exact) mass is 261 g/mol. The minimum Gasteiger partial charge on any atom is -0.343 e. The summed E-state index contributed by atoms with van der Waals surface area (Å²) in [6.45, 7) is 2.18. The average molecular weight is 261 g/mol. The van der Waals surface area contributed by atoms with Gasteiger partial charge in [-0.3, -0.25) is 4.79 Å². The Morgan fingerprint density at radius 3 is 2.61 bits per heavy atom. The first kappa shape index (κ1) is 14.2. The van der Waals surface area contributed by atoms with E-state index in [1.807, 2.05) is 0 Å². The molecule has 6 heteroatoms. The topological polar surface area (TPSA) is 29.1 Å². The van der Waals surface area contributed by atoms with E-state index in [1.54, 1.807) is 0 Å². The Hall–Kier alpha value is -1.85. The number of amides is 1. The van der Waals surface area contributed by atoms with Gasteiger partial charge in [-0.1, -0.05) is 18.7 Å². The van der Waals surface area contributed by atoms with Crippen molar-refractivity contribution in [3.63, 3.8) is 0 Å². The van der Waals surface area contributed by atoms with Crippen molar-refractivity contribution in [1.82, 2.24) is 5.32 Å². The highest BCUT2D eigenvalue weighted by Crippen LogP contribution is 2.30. The van der Waals surface area contributed by atoms with Gasteiger partial charge in [0.1, 0.15) is 6.67 Å². The van der Waals surface area contributed by atoms with Gasteiger partial charge < -0.3 is 5.32 Å². The largest absolute Gasteiger partial charge is 0.416 e. The molecule has 1 unspecified atom stereocenters. The van der Waals surface area contributed by atoms with Crippen molar-refractivity contribution in [2.24, 2.45) is 0 Å². The second-order valence-corrected chi connectivity index (χ2v) is 3.54. The Labute approximate surface area is 101 Å². The fourth-order valence-corrected chi connectivity index (χ4v) is 1.37. The summed E-state index contributed by atoms with van der Waals surface area (Å²) in [5, 5.41) is 2.21. The first-order valence-electron chi connectivity index (χ1n) is 5.04. The molecule has 0 radical (unpaired) electrons. The molecule has 0 spiro atoms. The lowest BCUT2D eigenvalue weighted by Crippen LogP contribution is -2.28. The third-order valence-corrected chi connectivity index (χ3v) is 2.27. The number of hydrogen-bond donors (Lipinski definition) is 1. The Bertz CT molecular complexity index is 442. The molecule has 0 aliphatic rings. The van der Waals surface area contributed by atoms with Crippen LogP contribution in [0.3, 0.4) is 0 Å². The van der Waals surface area contributed by atoms with Crippen LogP contribution in [-0.2, 0) is 11.0 Å². The zero-order chi connectivity index (χ0) is 13.8. The molecule has 1 aromatic rings. The van der Waals surface area contributed by atoms with Crippen molar-refractivity contribution in [3.05, 3.63) is 48.0 Å². The summed E-state index contributed by atoms with van der Waals surface area (Å²) in [5.41, 5.74) is -0.825. The van der Waals surface area contributed by atoms with E-state index >= 15 is 0 Å². The quantitative estimate of drug-likeness (QED) is 0.655. The van der Waals surface area contributed by atoms with E-state index in [-0.39, 0.29) is 5.56 Å². The molecule has 18 heavy (non-hydrogen) atoms. The van der Waals surface area contributed by atoms with Gasteiger partial charge in [0.05, 0.1) is 11.6 Å². The minimum absolute atomic E-state index is 0.0579. The maximum absolute atomic E-state index is 12.7. The fraction of sp³-hybridized carbons (Fsp3) is 0.250. The third kappa shape index (κ3) is 3.58. The van der Waals surface area contributed by atoms with Crippen molar-refractivity contribution in [2.45, 2.75) is 12.2 Å².